The number of rotatable bonds is 6. The average molecular weight is 274 g/mol. The van der Waals surface area contributed by atoms with Crippen molar-refractivity contribution in [2.45, 2.75) is 51.0 Å². The molecule has 0 aliphatic heterocycles. The van der Waals surface area contributed by atoms with Gasteiger partial charge in [-0.3, -0.25) is 4.79 Å². The van der Waals surface area contributed by atoms with Gasteiger partial charge in [0.05, 0.1) is 6.54 Å². The van der Waals surface area contributed by atoms with Crippen molar-refractivity contribution in [1.82, 2.24) is 10.6 Å². The Bertz CT molecular complexity index is 399. The molecule has 2 rings (SSSR count). The normalized spacial score (nSPS) is 17.6. The van der Waals surface area contributed by atoms with E-state index in [1.165, 1.54) is 24.8 Å². The Morgan fingerprint density at radius 2 is 1.90 bits per heavy atom. The molecule has 0 spiro atoms. The summed E-state index contributed by atoms with van der Waals surface area (Å²) in [6.07, 6.45) is 6.12. The number of amides is 1. The quantitative estimate of drug-likeness (QED) is 0.837. The van der Waals surface area contributed by atoms with Gasteiger partial charge in [-0.2, -0.15) is 0 Å². The Kier molecular flexibility index (Phi) is 6.06. The van der Waals surface area contributed by atoms with Crippen molar-refractivity contribution in [1.29, 1.82) is 0 Å². The molecule has 1 fully saturated rings. The Balaban J connectivity index is 1.63. The van der Waals surface area contributed by atoms with Gasteiger partial charge in [0, 0.05) is 12.6 Å². The molecule has 1 saturated carbocycles. The number of hydrogen-bond donors (Lipinski definition) is 2. The molecule has 1 atom stereocenters. The van der Waals surface area contributed by atoms with E-state index in [0.717, 1.165) is 19.4 Å². The number of nitrogens with one attached hydrogen (secondary N) is 2. The molecule has 1 amide bonds. The SMILES string of the molecule is CC(CNCC(=O)NC1CCCCC1)c1ccccc1. The van der Waals surface area contributed by atoms with E-state index in [9.17, 15) is 4.79 Å². The van der Waals surface area contributed by atoms with Gasteiger partial charge >= 0.3 is 0 Å². The molecule has 0 heterocycles. The number of benzene rings is 1. The Morgan fingerprint density at radius 1 is 1.20 bits per heavy atom. The molecule has 1 unspecified atom stereocenters. The first-order chi connectivity index (χ1) is 9.75. The van der Waals surface area contributed by atoms with Crippen molar-refractivity contribution in [2.24, 2.45) is 0 Å². The number of hydrogen-bond acceptors (Lipinski definition) is 2. The van der Waals surface area contributed by atoms with Gasteiger partial charge in [0.2, 0.25) is 5.91 Å². The van der Waals surface area contributed by atoms with E-state index < -0.39 is 0 Å². The third kappa shape index (κ3) is 4.97. The van der Waals surface area contributed by atoms with E-state index in [4.69, 9.17) is 0 Å². The van der Waals surface area contributed by atoms with Gasteiger partial charge in [-0.15, -0.1) is 0 Å². The average Bonchev–Trinajstić information content (AvgIpc) is 2.49. The zero-order chi connectivity index (χ0) is 14.2. The molecule has 0 bridgehead atoms. The summed E-state index contributed by atoms with van der Waals surface area (Å²) in [5.41, 5.74) is 1.31. The molecule has 0 saturated heterocycles. The molecule has 1 aliphatic carbocycles. The van der Waals surface area contributed by atoms with E-state index in [1.54, 1.807) is 0 Å². The number of carbonyl (C=O) groups excluding carboxylic acids is 1. The lowest BCUT2D eigenvalue weighted by Gasteiger charge is -2.23. The lowest BCUT2D eigenvalue weighted by atomic mass is 9.95. The maximum Gasteiger partial charge on any atom is 0.234 e. The lowest BCUT2D eigenvalue weighted by Crippen LogP contribution is -2.41. The molecular formula is C17H26N2O. The Labute approximate surface area is 122 Å². The van der Waals surface area contributed by atoms with Gasteiger partial charge in [0.1, 0.15) is 0 Å². The summed E-state index contributed by atoms with van der Waals surface area (Å²) in [5, 5.41) is 6.39. The van der Waals surface area contributed by atoms with Crippen LogP contribution in [0.1, 0.15) is 50.5 Å². The highest BCUT2D eigenvalue weighted by atomic mass is 16.1. The fourth-order valence-electron chi connectivity index (χ4n) is 2.83. The van der Waals surface area contributed by atoms with Gasteiger partial charge < -0.3 is 10.6 Å². The van der Waals surface area contributed by atoms with E-state index in [1.807, 2.05) is 6.07 Å². The first kappa shape index (κ1) is 15.0. The highest BCUT2D eigenvalue weighted by Crippen LogP contribution is 2.17. The molecular weight excluding hydrogens is 248 g/mol. The molecule has 1 aromatic carbocycles. The highest BCUT2D eigenvalue weighted by Gasteiger charge is 2.15. The first-order valence-electron chi connectivity index (χ1n) is 7.80. The third-order valence-corrected chi connectivity index (χ3v) is 4.07. The predicted molar refractivity (Wildman–Crippen MR) is 82.7 cm³/mol. The molecule has 2 N–H and O–H groups in total. The van der Waals surface area contributed by atoms with Crippen LogP contribution in [0.5, 0.6) is 0 Å². The molecule has 20 heavy (non-hydrogen) atoms. The zero-order valence-corrected chi connectivity index (χ0v) is 12.4. The molecule has 0 radical (unpaired) electrons. The maximum atomic E-state index is 11.9. The summed E-state index contributed by atoms with van der Waals surface area (Å²) in [6, 6.07) is 10.8. The fraction of sp³-hybridized carbons (Fsp3) is 0.588. The summed E-state index contributed by atoms with van der Waals surface area (Å²) in [6.45, 7) is 3.44. The van der Waals surface area contributed by atoms with Crippen LogP contribution < -0.4 is 10.6 Å². The molecule has 110 valence electrons. The predicted octanol–water partition coefficient (Wildman–Crippen LogP) is 2.83. The van der Waals surface area contributed by atoms with E-state index in [0.29, 0.717) is 18.5 Å². The second kappa shape index (κ2) is 8.05. The van der Waals surface area contributed by atoms with Gasteiger partial charge in [-0.05, 0) is 24.3 Å². The van der Waals surface area contributed by atoms with Crippen molar-refractivity contribution in [2.75, 3.05) is 13.1 Å². The molecule has 0 aromatic heterocycles. The van der Waals surface area contributed by atoms with E-state index in [2.05, 4.69) is 41.8 Å². The van der Waals surface area contributed by atoms with Crippen LogP contribution in [-0.2, 0) is 4.79 Å². The van der Waals surface area contributed by atoms with Crippen LogP contribution in [0.25, 0.3) is 0 Å². The molecule has 3 heteroatoms. The minimum Gasteiger partial charge on any atom is -0.352 e. The molecule has 1 aliphatic rings. The summed E-state index contributed by atoms with van der Waals surface area (Å²) >= 11 is 0. The first-order valence-corrected chi connectivity index (χ1v) is 7.80. The van der Waals surface area contributed by atoms with Gasteiger partial charge in [0.25, 0.3) is 0 Å². The maximum absolute atomic E-state index is 11.9. The molecule has 1 aromatic rings. The van der Waals surface area contributed by atoms with Crippen molar-refractivity contribution < 1.29 is 4.79 Å². The van der Waals surface area contributed by atoms with Gasteiger partial charge in [-0.1, -0.05) is 56.5 Å². The van der Waals surface area contributed by atoms with Crippen LogP contribution in [-0.4, -0.2) is 25.0 Å². The summed E-state index contributed by atoms with van der Waals surface area (Å²) in [4.78, 5) is 11.9. The summed E-state index contributed by atoms with van der Waals surface area (Å²) in [7, 11) is 0. The minimum atomic E-state index is 0.136. The largest absolute Gasteiger partial charge is 0.352 e. The van der Waals surface area contributed by atoms with Crippen LogP contribution in [0.15, 0.2) is 30.3 Å². The highest BCUT2D eigenvalue weighted by molar-refractivity contribution is 5.78. The third-order valence-electron chi connectivity index (χ3n) is 4.07. The van der Waals surface area contributed by atoms with Crippen molar-refractivity contribution >= 4 is 5.91 Å². The standard InChI is InChI=1S/C17H26N2O/c1-14(15-8-4-2-5-9-15)12-18-13-17(20)19-16-10-6-3-7-11-16/h2,4-5,8-9,14,16,18H,3,6-7,10-13H2,1H3,(H,19,20). The monoisotopic (exact) mass is 274 g/mol. The second-order valence-electron chi connectivity index (χ2n) is 5.85. The summed E-state index contributed by atoms with van der Waals surface area (Å²) in [5.74, 6) is 0.566. The second-order valence-corrected chi connectivity index (χ2v) is 5.85. The van der Waals surface area contributed by atoms with Gasteiger partial charge in [-0.25, -0.2) is 0 Å². The Morgan fingerprint density at radius 3 is 2.60 bits per heavy atom. The minimum absolute atomic E-state index is 0.136. The summed E-state index contributed by atoms with van der Waals surface area (Å²) < 4.78 is 0. The Hall–Kier alpha value is -1.35. The molecule has 3 nitrogen and oxygen atoms in total. The van der Waals surface area contributed by atoms with Crippen LogP contribution in [0.2, 0.25) is 0 Å². The number of carbonyl (C=O) groups is 1. The van der Waals surface area contributed by atoms with Crippen LogP contribution in [0.4, 0.5) is 0 Å². The van der Waals surface area contributed by atoms with E-state index >= 15 is 0 Å². The fourth-order valence-corrected chi connectivity index (χ4v) is 2.83. The lowest BCUT2D eigenvalue weighted by molar-refractivity contribution is -0.121. The van der Waals surface area contributed by atoms with Crippen molar-refractivity contribution in [3.8, 4) is 0 Å². The van der Waals surface area contributed by atoms with Crippen LogP contribution >= 0.6 is 0 Å². The van der Waals surface area contributed by atoms with Crippen LogP contribution in [0, 0.1) is 0 Å². The smallest absolute Gasteiger partial charge is 0.234 e. The van der Waals surface area contributed by atoms with E-state index in [-0.39, 0.29) is 5.91 Å². The van der Waals surface area contributed by atoms with Crippen LogP contribution in [0.3, 0.4) is 0 Å². The van der Waals surface area contributed by atoms with Crippen molar-refractivity contribution in [3.63, 3.8) is 0 Å². The van der Waals surface area contributed by atoms with Crippen molar-refractivity contribution in [3.05, 3.63) is 35.9 Å². The zero-order valence-electron chi connectivity index (χ0n) is 12.4. The van der Waals surface area contributed by atoms with Gasteiger partial charge in [0.15, 0.2) is 0 Å². The topological polar surface area (TPSA) is 41.1 Å².